The van der Waals surface area contributed by atoms with Crippen molar-refractivity contribution in [1.29, 1.82) is 0 Å². The van der Waals surface area contributed by atoms with Crippen molar-refractivity contribution in [1.82, 2.24) is 5.32 Å². The Balaban J connectivity index is 2.83. The topological polar surface area (TPSA) is 49.4 Å². The highest BCUT2D eigenvalue weighted by molar-refractivity contribution is 5.94. The number of benzene rings is 1. The average molecular weight is 304 g/mol. The summed E-state index contributed by atoms with van der Waals surface area (Å²) < 4.78 is 0. The zero-order chi connectivity index (χ0) is 16.7. The fourth-order valence-electron chi connectivity index (χ4n) is 2.44. The van der Waals surface area contributed by atoms with E-state index in [1.54, 1.807) is 11.8 Å². The summed E-state index contributed by atoms with van der Waals surface area (Å²) in [6.45, 7) is 10.8. The lowest BCUT2D eigenvalue weighted by molar-refractivity contribution is -0.121. The maximum atomic E-state index is 12.0. The third-order valence-corrected chi connectivity index (χ3v) is 3.62. The van der Waals surface area contributed by atoms with Crippen molar-refractivity contribution >= 4 is 17.5 Å². The monoisotopic (exact) mass is 304 g/mol. The summed E-state index contributed by atoms with van der Waals surface area (Å²) in [5.74, 6) is 0.392. The quantitative estimate of drug-likeness (QED) is 0.841. The second-order valence-electron chi connectivity index (χ2n) is 6.05. The fourth-order valence-corrected chi connectivity index (χ4v) is 2.44. The van der Waals surface area contributed by atoms with Gasteiger partial charge in [0.2, 0.25) is 11.8 Å². The number of hydrogen-bond donors (Lipinski definition) is 1. The molecule has 0 saturated carbocycles. The van der Waals surface area contributed by atoms with Crippen LogP contribution in [-0.2, 0) is 16.0 Å². The smallest absolute Gasteiger partial charge is 0.223 e. The third-order valence-electron chi connectivity index (χ3n) is 3.62. The van der Waals surface area contributed by atoms with E-state index in [1.807, 2.05) is 25.1 Å². The second-order valence-corrected chi connectivity index (χ2v) is 6.05. The van der Waals surface area contributed by atoms with Gasteiger partial charge in [0, 0.05) is 32.1 Å². The Hall–Kier alpha value is -1.84. The Morgan fingerprint density at radius 3 is 2.50 bits per heavy atom. The van der Waals surface area contributed by atoms with E-state index in [1.165, 1.54) is 0 Å². The zero-order valence-corrected chi connectivity index (χ0v) is 14.4. The summed E-state index contributed by atoms with van der Waals surface area (Å²) in [7, 11) is 0. The molecule has 0 radical (unpaired) electrons. The van der Waals surface area contributed by atoms with E-state index < -0.39 is 0 Å². The molecular formula is C18H28N2O2. The van der Waals surface area contributed by atoms with Crippen LogP contribution >= 0.6 is 0 Å². The molecule has 22 heavy (non-hydrogen) atoms. The van der Waals surface area contributed by atoms with Gasteiger partial charge < -0.3 is 10.2 Å². The minimum atomic E-state index is -0.0272. The molecule has 1 rings (SSSR count). The molecule has 0 aromatic heterocycles. The van der Waals surface area contributed by atoms with Crippen LogP contribution in [0.4, 0.5) is 5.69 Å². The first kappa shape index (κ1) is 18.2. The molecule has 0 fully saturated rings. The van der Waals surface area contributed by atoms with Crippen molar-refractivity contribution in [2.75, 3.05) is 18.0 Å². The highest BCUT2D eigenvalue weighted by atomic mass is 16.2. The van der Waals surface area contributed by atoms with Crippen LogP contribution in [0.1, 0.15) is 45.2 Å². The van der Waals surface area contributed by atoms with Gasteiger partial charge in [-0.3, -0.25) is 9.59 Å². The van der Waals surface area contributed by atoms with E-state index in [2.05, 4.69) is 26.1 Å². The molecule has 4 nitrogen and oxygen atoms in total. The predicted octanol–water partition coefficient (Wildman–Crippen LogP) is 3.07. The molecule has 122 valence electrons. The maximum absolute atomic E-state index is 12.0. The number of nitrogens with one attached hydrogen (secondary N) is 1. The van der Waals surface area contributed by atoms with Gasteiger partial charge in [0.05, 0.1) is 0 Å². The molecule has 0 heterocycles. The van der Waals surface area contributed by atoms with E-state index in [9.17, 15) is 9.59 Å². The van der Waals surface area contributed by atoms with Gasteiger partial charge in [0.25, 0.3) is 0 Å². The van der Waals surface area contributed by atoms with E-state index in [0.717, 1.165) is 23.2 Å². The van der Waals surface area contributed by atoms with Crippen LogP contribution in [0.5, 0.6) is 0 Å². The largest absolute Gasteiger partial charge is 0.356 e. The molecule has 2 amide bonds. The molecule has 0 spiro atoms. The lowest BCUT2D eigenvalue weighted by Crippen LogP contribution is -2.35. The normalized spacial score (nSPS) is 10.6. The van der Waals surface area contributed by atoms with Gasteiger partial charge in [0.1, 0.15) is 0 Å². The zero-order valence-electron chi connectivity index (χ0n) is 14.4. The maximum Gasteiger partial charge on any atom is 0.223 e. The van der Waals surface area contributed by atoms with Crippen molar-refractivity contribution in [2.45, 2.75) is 47.5 Å². The van der Waals surface area contributed by atoms with Crippen LogP contribution in [0, 0.1) is 12.8 Å². The van der Waals surface area contributed by atoms with E-state index in [-0.39, 0.29) is 11.8 Å². The van der Waals surface area contributed by atoms with Crippen molar-refractivity contribution in [3.05, 3.63) is 29.3 Å². The minimum Gasteiger partial charge on any atom is -0.356 e. The number of anilines is 1. The molecule has 1 aromatic rings. The Bertz CT molecular complexity index is 524. The predicted molar refractivity (Wildman–Crippen MR) is 91.0 cm³/mol. The number of carbonyl (C=O) groups excluding carboxylic acids is 2. The first-order valence-electron chi connectivity index (χ1n) is 8.00. The van der Waals surface area contributed by atoms with Gasteiger partial charge in [-0.15, -0.1) is 0 Å². The van der Waals surface area contributed by atoms with Gasteiger partial charge in [0.15, 0.2) is 0 Å². The van der Waals surface area contributed by atoms with E-state index in [0.29, 0.717) is 25.4 Å². The molecule has 1 N–H and O–H groups in total. The summed E-state index contributed by atoms with van der Waals surface area (Å²) in [5.41, 5.74) is 3.16. The molecular weight excluding hydrogens is 276 g/mol. The van der Waals surface area contributed by atoms with Crippen molar-refractivity contribution < 1.29 is 9.59 Å². The standard InChI is InChI=1S/C18H28N2O2/c1-6-16-9-7-8-14(4)18(16)20(15(5)21)11-10-17(22)19-12-13(2)3/h7-9,13H,6,10-12H2,1-5H3,(H,19,22). The Morgan fingerprint density at radius 2 is 1.95 bits per heavy atom. The Morgan fingerprint density at radius 1 is 1.27 bits per heavy atom. The van der Waals surface area contributed by atoms with Crippen LogP contribution in [0.3, 0.4) is 0 Å². The van der Waals surface area contributed by atoms with E-state index in [4.69, 9.17) is 0 Å². The molecule has 0 bridgehead atoms. The number of para-hydroxylation sites is 1. The number of carbonyl (C=O) groups is 2. The first-order valence-corrected chi connectivity index (χ1v) is 8.00. The van der Waals surface area contributed by atoms with Crippen molar-refractivity contribution in [3.63, 3.8) is 0 Å². The summed E-state index contributed by atoms with van der Waals surface area (Å²) in [6.07, 6.45) is 1.18. The molecule has 1 aromatic carbocycles. The van der Waals surface area contributed by atoms with Gasteiger partial charge in [-0.25, -0.2) is 0 Å². The number of nitrogens with zero attached hydrogens (tertiary/aromatic N) is 1. The van der Waals surface area contributed by atoms with Gasteiger partial charge in [-0.2, -0.15) is 0 Å². The molecule has 4 heteroatoms. The molecule has 0 atom stereocenters. The second kappa shape index (κ2) is 8.57. The summed E-state index contributed by atoms with van der Waals surface area (Å²) >= 11 is 0. The number of rotatable bonds is 7. The lowest BCUT2D eigenvalue weighted by Gasteiger charge is -2.25. The minimum absolute atomic E-state index is 0.00779. The van der Waals surface area contributed by atoms with Crippen LogP contribution in [-0.4, -0.2) is 24.9 Å². The molecule has 0 saturated heterocycles. The van der Waals surface area contributed by atoms with Gasteiger partial charge >= 0.3 is 0 Å². The Labute approximate surface area is 133 Å². The van der Waals surface area contributed by atoms with E-state index >= 15 is 0 Å². The van der Waals surface area contributed by atoms with Crippen LogP contribution in [0.25, 0.3) is 0 Å². The van der Waals surface area contributed by atoms with Crippen LogP contribution < -0.4 is 10.2 Å². The van der Waals surface area contributed by atoms with Crippen molar-refractivity contribution in [2.24, 2.45) is 5.92 Å². The fraction of sp³-hybridized carbons (Fsp3) is 0.556. The summed E-state index contributed by atoms with van der Waals surface area (Å²) in [6, 6.07) is 6.05. The van der Waals surface area contributed by atoms with Gasteiger partial charge in [-0.05, 0) is 30.4 Å². The highest BCUT2D eigenvalue weighted by Gasteiger charge is 2.18. The molecule has 0 aliphatic carbocycles. The van der Waals surface area contributed by atoms with Gasteiger partial charge in [-0.1, -0.05) is 39.0 Å². The Kier molecular flexibility index (Phi) is 7.09. The summed E-state index contributed by atoms with van der Waals surface area (Å²) in [5, 5.41) is 2.89. The SMILES string of the molecule is CCc1cccc(C)c1N(CCC(=O)NCC(C)C)C(C)=O. The molecule has 0 aliphatic heterocycles. The molecule has 0 aliphatic rings. The first-order chi connectivity index (χ1) is 10.4. The number of amides is 2. The van der Waals surface area contributed by atoms with Crippen LogP contribution in [0.15, 0.2) is 18.2 Å². The lowest BCUT2D eigenvalue weighted by atomic mass is 10.0. The molecule has 0 unspecified atom stereocenters. The number of aryl methyl sites for hydroxylation is 2. The van der Waals surface area contributed by atoms with Crippen molar-refractivity contribution in [3.8, 4) is 0 Å². The third kappa shape index (κ3) is 5.17. The van der Waals surface area contributed by atoms with Crippen LogP contribution in [0.2, 0.25) is 0 Å². The summed E-state index contributed by atoms with van der Waals surface area (Å²) in [4.78, 5) is 25.7. The average Bonchev–Trinajstić information content (AvgIpc) is 2.46. The number of hydrogen-bond acceptors (Lipinski definition) is 2. The highest BCUT2D eigenvalue weighted by Crippen LogP contribution is 2.26.